The SMILES string of the molecule is CCn1c(NC(=O)CCc2nc3ccccc3c(=O)[nH]2)nc2ccccc21. The molecule has 7 nitrogen and oxygen atoms in total. The fourth-order valence-corrected chi connectivity index (χ4v) is 3.16. The minimum atomic E-state index is -0.191. The maximum atomic E-state index is 12.4. The minimum absolute atomic E-state index is 0.171. The molecular formula is C20H19N5O2. The van der Waals surface area contributed by atoms with Crippen LogP contribution in [0.2, 0.25) is 0 Å². The lowest BCUT2D eigenvalue weighted by molar-refractivity contribution is -0.116. The summed E-state index contributed by atoms with van der Waals surface area (Å²) in [5, 5.41) is 3.41. The van der Waals surface area contributed by atoms with Gasteiger partial charge in [-0.1, -0.05) is 24.3 Å². The zero-order valence-electron chi connectivity index (χ0n) is 14.9. The molecule has 2 aromatic carbocycles. The molecule has 0 unspecified atom stereocenters. The third kappa shape index (κ3) is 3.31. The van der Waals surface area contributed by atoms with E-state index in [1.807, 2.05) is 41.8 Å². The van der Waals surface area contributed by atoms with E-state index in [4.69, 9.17) is 0 Å². The Labute approximate surface area is 155 Å². The van der Waals surface area contributed by atoms with E-state index in [9.17, 15) is 9.59 Å². The van der Waals surface area contributed by atoms with Crippen molar-refractivity contribution >= 4 is 33.8 Å². The quantitative estimate of drug-likeness (QED) is 0.572. The first-order chi connectivity index (χ1) is 13.2. The molecule has 0 radical (unpaired) electrons. The first-order valence-corrected chi connectivity index (χ1v) is 8.89. The van der Waals surface area contributed by atoms with Gasteiger partial charge < -0.3 is 9.55 Å². The van der Waals surface area contributed by atoms with Gasteiger partial charge in [0.05, 0.1) is 21.9 Å². The largest absolute Gasteiger partial charge is 0.310 e. The number of hydrogen-bond donors (Lipinski definition) is 2. The first-order valence-electron chi connectivity index (χ1n) is 8.89. The Bertz CT molecular complexity index is 1190. The van der Waals surface area contributed by atoms with E-state index in [1.165, 1.54) is 0 Å². The molecule has 2 heterocycles. The molecule has 0 fully saturated rings. The molecule has 4 aromatic rings. The summed E-state index contributed by atoms with van der Waals surface area (Å²) in [4.78, 5) is 36.2. The molecule has 0 bridgehead atoms. The Hall–Kier alpha value is -3.48. The molecule has 0 saturated heterocycles. The van der Waals surface area contributed by atoms with Crippen molar-refractivity contribution in [2.45, 2.75) is 26.3 Å². The Kier molecular flexibility index (Phi) is 4.42. The molecule has 0 atom stereocenters. The number of carbonyl (C=O) groups excluding carboxylic acids is 1. The number of carbonyl (C=O) groups is 1. The molecule has 0 spiro atoms. The molecule has 7 heteroatoms. The van der Waals surface area contributed by atoms with Crippen molar-refractivity contribution in [1.82, 2.24) is 19.5 Å². The van der Waals surface area contributed by atoms with Gasteiger partial charge in [-0.25, -0.2) is 9.97 Å². The van der Waals surface area contributed by atoms with Crippen molar-refractivity contribution < 1.29 is 4.79 Å². The molecule has 4 rings (SSSR count). The Morgan fingerprint density at radius 2 is 1.81 bits per heavy atom. The van der Waals surface area contributed by atoms with Gasteiger partial charge in [0.25, 0.3) is 5.56 Å². The van der Waals surface area contributed by atoms with E-state index in [0.717, 1.165) is 11.0 Å². The molecule has 27 heavy (non-hydrogen) atoms. The van der Waals surface area contributed by atoms with E-state index in [-0.39, 0.29) is 17.9 Å². The number of rotatable bonds is 5. The smallest absolute Gasteiger partial charge is 0.258 e. The number of aromatic amines is 1. The second-order valence-electron chi connectivity index (χ2n) is 6.25. The normalized spacial score (nSPS) is 11.1. The Balaban J connectivity index is 1.50. The topological polar surface area (TPSA) is 92.7 Å². The van der Waals surface area contributed by atoms with Crippen molar-refractivity contribution in [2.24, 2.45) is 0 Å². The van der Waals surface area contributed by atoms with Crippen LogP contribution in [-0.2, 0) is 17.8 Å². The van der Waals surface area contributed by atoms with Crippen LogP contribution in [0.4, 0.5) is 5.95 Å². The van der Waals surface area contributed by atoms with Crippen LogP contribution in [0.5, 0.6) is 0 Å². The zero-order chi connectivity index (χ0) is 18.8. The molecule has 136 valence electrons. The number of amides is 1. The van der Waals surface area contributed by atoms with Crippen LogP contribution in [0.25, 0.3) is 21.9 Å². The van der Waals surface area contributed by atoms with Crippen molar-refractivity contribution in [3.05, 3.63) is 64.7 Å². The number of nitrogens with one attached hydrogen (secondary N) is 2. The summed E-state index contributed by atoms with van der Waals surface area (Å²) < 4.78 is 1.96. The molecule has 0 saturated carbocycles. The standard InChI is InChI=1S/C20H19N5O2/c1-2-25-16-10-6-5-9-15(16)22-20(25)24-18(26)12-11-17-21-14-8-4-3-7-13(14)19(27)23-17/h3-10H,2,11-12H2,1H3,(H,21,23,27)(H,22,24,26). The third-order valence-electron chi connectivity index (χ3n) is 4.47. The van der Waals surface area contributed by atoms with Gasteiger partial charge in [-0.2, -0.15) is 0 Å². The summed E-state index contributed by atoms with van der Waals surface area (Å²) in [5.74, 6) is 0.859. The van der Waals surface area contributed by atoms with Gasteiger partial charge in [-0.3, -0.25) is 14.9 Å². The number of para-hydroxylation sites is 3. The number of fused-ring (bicyclic) bond motifs is 2. The molecule has 2 N–H and O–H groups in total. The van der Waals surface area contributed by atoms with Crippen LogP contribution in [-0.4, -0.2) is 25.4 Å². The summed E-state index contributed by atoms with van der Waals surface area (Å²) >= 11 is 0. The van der Waals surface area contributed by atoms with Gasteiger partial charge in [0, 0.05) is 19.4 Å². The van der Waals surface area contributed by atoms with Crippen LogP contribution in [0.3, 0.4) is 0 Å². The lowest BCUT2D eigenvalue weighted by atomic mass is 10.2. The number of aryl methyl sites for hydroxylation is 2. The summed E-state index contributed by atoms with van der Waals surface area (Å²) in [6.07, 6.45) is 0.548. The number of aromatic nitrogens is 4. The molecular weight excluding hydrogens is 342 g/mol. The maximum Gasteiger partial charge on any atom is 0.258 e. The van der Waals surface area contributed by atoms with Crippen LogP contribution >= 0.6 is 0 Å². The van der Waals surface area contributed by atoms with Gasteiger partial charge in [-0.05, 0) is 31.2 Å². The number of imidazole rings is 1. The van der Waals surface area contributed by atoms with E-state index >= 15 is 0 Å². The van der Waals surface area contributed by atoms with E-state index in [2.05, 4.69) is 20.3 Å². The number of benzene rings is 2. The van der Waals surface area contributed by atoms with Crippen LogP contribution < -0.4 is 10.9 Å². The maximum absolute atomic E-state index is 12.4. The average Bonchev–Trinajstić information content (AvgIpc) is 3.03. The summed E-state index contributed by atoms with van der Waals surface area (Å²) in [6.45, 7) is 2.71. The van der Waals surface area contributed by atoms with Gasteiger partial charge in [0.2, 0.25) is 11.9 Å². The van der Waals surface area contributed by atoms with Crippen molar-refractivity contribution in [1.29, 1.82) is 0 Å². The van der Waals surface area contributed by atoms with Gasteiger partial charge >= 0.3 is 0 Å². The number of H-pyrrole nitrogens is 1. The number of nitrogens with zero attached hydrogens (tertiary/aromatic N) is 3. The minimum Gasteiger partial charge on any atom is -0.310 e. The average molecular weight is 361 g/mol. The fraction of sp³-hybridized carbons (Fsp3) is 0.200. The lowest BCUT2D eigenvalue weighted by Gasteiger charge is -2.07. The second kappa shape index (κ2) is 7.03. The summed E-state index contributed by atoms with van der Waals surface area (Å²) in [6, 6.07) is 14.9. The highest BCUT2D eigenvalue weighted by molar-refractivity contribution is 5.91. The van der Waals surface area contributed by atoms with Crippen molar-refractivity contribution in [3.8, 4) is 0 Å². The number of hydrogen-bond acceptors (Lipinski definition) is 4. The monoisotopic (exact) mass is 361 g/mol. The van der Waals surface area contributed by atoms with E-state index in [0.29, 0.717) is 35.6 Å². The molecule has 1 amide bonds. The first kappa shape index (κ1) is 17.0. The fourth-order valence-electron chi connectivity index (χ4n) is 3.16. The van der Waals surface area contributed by atoms with Crippen LogP contribution in [0, 0.1) is 0 Å². The van der Waals surface area contributed by atoms with Gasteiger partial charge in [-0.15, -0.1) is 0 Å². The van der Waals surface area contributed by atoms with Crippen LogP contribution in [0.15, 0.2) is 53.3 Å². The van der Waals surface area contributed by atoms with Crippen LogP contribution in [0.1, 0.15) is 19.2 Å². The highest BCUT2D eigenvalue weighted by Gasteiger charge is 2.13. The van der Waals surface area contributed by atoms with Gasteiger partial charge in [0.15, 0.2) is 0 Å². The van der Waals surface area contributed by atoms with E-state index in [1.54, 1.807) is 18.2 Å². The summed E-state index contributed by atoms with van der Waals surface area (Å²) in [7, 11) is 0. The highest BCUT2D eigenvalue weighted by atomic mass is 16.1. The molecule has 0 aliphatic rings. The molecule has 0 aliphatic heterocycles. The third-order valence-corrected chi connectivity index (χ3v) is 4.47. The summed E-state index contributed by atoms with van der Waals surface area (Å²) in [5.41, 5.74) is 2.26. The lowest BCUT2D eigenvalue weighted by Crippen LogP contribution is -2.18. The molecule has 0 aliphatic carbocycles. The predicted molar refractivity (Wildman–Crippen MR) is 105 cm³/mol. The Morgan fingerprint density at radius 3 is 2.63 bits per heavy atom. The number of anilines is 1. The predicted octanol–water partition coefficient (Wildman–Crippen LogP) is 2.86. The second-order valence-corrected chi connectivity index (χ2v) is 6.25. The van der Waals surface area contributed by atoms with Crippen molar-refractivity contribution in [3.63, 3.8) is 0 Å². The molecule has 2 aromatic heterocycles. The Morgan fingerprint density at radius 1 is 1.07 bits per heavy atom. The highest BCUT2D eigenvalue weighted by Crippen LogP contribution is 2.19. The van der Waals surface area contributed by atoms with E-state index < -0.39 is 0 Å². The zero-order valence-corrected chi connectivity index (χ0v) is 14.9. The van der Waals surface area contributed by atoms with Crippen molar-refractivity contribution in [2.75, 3.05) is 5.32 Å². The van der Waals surface area contributed by atoms with Gasteiger partial charge in [0.1, 0.15) is 5.82 Å².